The van der Waals surface area contributed by atoms with E-state index in [1.807, 2.05) is 18.2 Å². The molecule has 0 fully saturated rings. The average Bonchev–Trinajstić information content (AvgIpc) is 2.48. The van der Waals surface area contributed by atoms with Crippen LogP contribution >= 0.6 is 0 Å². The van der Waals surface area contributed by atoms with Crippen LogP contribution < -0.4 is 9.46 Å². The monoisotopic (exact) mass is 309 g/mol. The van der Waals surface area contributed by atoms with E-state index in [1.165, 1.54) is 12.1 Å². The third-order valence-electron chi connectivity index (χ3n) is 2.82. The minimum atomic E-state index is -3.76. The highest BCUT2D eigenvalue weighted by molar-refractivity contribution is 7.89. The van der Waals surface area contributed by atoms with Gasteiger partial charge in [-0.3, -0.25) is 0 Å². The lowest BCUT2D eigenvalue weighted by Crippen LogP contribution is -2.23. The quantitative estimate of drug-likeness (QED) is 0.892. The van der Waals surface area contributed by atoms with Gasteiger partial charge in [-0.2, -0.15) is 0 Å². The molecule has 0 bridgehead atoms. The van der Waals surface area contributed by atoms with E-state index in [0.717, 1.165) is 11.6 Å². The van der Waals surface area contributed by atoms with E-state index in [1.54, 1.807) is 19.1 Å². The lowest BCUT2D eigenvalue weighted by molar-refractivity contribution is 0.321. The van der Waals surface area contributed by atoms with Crippen LogP contribution in [0.3, 0.4) is 0 Å². The normalized spacial score (nSPS) is 11.3. The number of nitrogens with one attached hydrogen (secondary N) is 1. The largest absolute Gasteiger partial charge is 0.491 e. The Bertz CT molecular complexity index is 702. The molecule has 0 aliphatic rings. The molecular weight excluding hydrogens is 293 g/mol. The maximum Gasteiger partial charge on any atom is 0.240 e. The highest BCUT2D eigenvalue weighted by Crippen LogP contribution is 2.21. The number of sulfonamides is 1. The number of hydrogen-bond acceptors (Lipinski definition) is 3. The maximum absolute atomic E-state index is 13.7. The van der Waals surface area contributed by atoms with Crippen molar-refractivity contribution >= 4 is 10.0 Å². The lowest BCUT2D eigenvalue weighted by Gasteiger charge is -2.09. The summed E-state index contributed by atoms with van der Waals surface area (Å²) in [6.07, 6.45) is 0. The Balaban J connectivity index is 2.14. The summed E-state index contributed by atoms with van der Waals surface area (Å²) < 4.78 is 45.4. The standard InChI is InChI=1S/C15H16FNO3S/c1-2-20-15-9-8-13(10-14(15)16)21(18,19)17-11-12-6-4-3-5-7-12/h3-10,17H,2,11H2,1H3. The molecule has 21 heavy (non-hydrogen) atoms. The van der Waals surface area contributed by atoms with Crippen molar-refractivity contribution in [1.29, 1.82) is 0 Å². The molecule has 0 radical (unpaired) electrons. The Hall–Kier alpha value is -1.92. The van der Waals surface area contributed by atoms with Crippen LogP contribution in [0.1, 0.15) is 12.5 Å². The Kier molecular flexibility index (Phi) is 4.93. The van der Waals surface area contributed by atoms with Gasteiger partial charge in [-0.05, 0) is 30.7 Å². The molecule has 2 aromatic rings. The molecule has 0 heterocycles. The van der Waals surface area contributed by atoms with Gasteiger partial charge in [0.05, 0.1) is 11.5 Å². The summed E-state index contributed by atoms with van der Waals surface area (Å²) in [6, 6.07) is 12.7. The summed E-state index contributed by atoms with van der Waals surface area (Å²) in [5, 5.41) is 0. The van der Waals surface area contributed by atoms with Crippen LogP contribution in [0.5, 0.6) is 5.75 Å². The maximum atomic E-state index is 13.7. The molecular formula is C15H16FNO3S. The van der Waals surface area contributed by atoms with E-state index in [2.05, 4.69) is 4.72 Å². The average molecular weight is 309 g/mol. The van der Waals surface area contributed by atoms with Gasteiger partial charge < -0.3 is 4.74 Å². The second-order valence-corrected chi connectivity index (χ2v) is 6.10. The molecule has 0 saturated carbocycles. The fourth-order valence-electron chi connectivity index (χ4n) is 1.78. The van der Waals surface area contributed by atoms with Gasteiger partial charge in [-0.15, -0.1) is 0 Å². The Morgan fingerprint density at radius 3 is 2.48 bits per heavy atom. The second kappa shape index (κ2) is 6.69. The van der Waals surface area contributed by atoms with Crippen molar-refractivity contribution in [2.45, 2.75) is 18.4 Å². The van der Waals surface area contributed by atoms with Gasteiger partial charge in [-0.1, -0.05) is 30.3 Å². The van der Waals surface area contributed by atoms with Crippen LogP contribution in [-0.2, 0) is 16.6 Å². The van der Waals surface area contributed by atoms with Crippen LogP contribution in [0.2, 0.25) is 0 Å². The summed E-state index contributed by atoms with van der Waals surface area (Å²) in [5.74, 6) is -0.654. The Morgan fingerprint density at radius 1 is 1.14 bits per heavy atom. The summed E-state index contributed by atoms with van der Waals surface area (Å²) in [7, 11) is -3.76. The Labute approximate surface area is 123 Å². The molecule has 2 rings (SSSR count). The van der Waals surface area contributed by atoms with Crippen LogP contribution in [0.4, 0.5) is 4.39 Å². The molecule has 0 aliphatic carbocycles. The van der Waals surface area contributed by atoms with Gasteiger partial charge in [0, 0.05) is 6.54 Å². The molecule has 112 valence electrons. The fraction of sp³-hybridized carbons (Fsp3) is 0.200. The van der Waals surface area contributed by atoms with Crippen molar-refractivity contribution in [3.8, 4) is 5.75 Å². The smallest absolute Gasteiger partial charge is 0.240 e. The zero-order valence-corrected chi connectivity index (χ0v) is 12.4. The third-order valence-corrected chi connectivity index (χ3v) is 4.22. The molecule has 0 aromatic heterocycles. The van der Waals surface area contributed by atoms with Crippen molar-refractivity contribution < 1.29 is 17.5 Å². The van der Waals surface area contributed by atoms with Crippen molar-refractivity contribution in [2.24, 2.45) is 0 Å². The molecule has 0 unspecified atom stereocenters. The summed E-state index contributed by atoms with van der Waals surface area (Å²) >= 11 is 0. The van der Waals surface area contributed by atoms with E-state index >= 15 is 0 Å². The predicted molar refractivity (Wildman–Crippen MR) is 78.0 cm³/mol. The number of halogens is 1. The van der Waals surface area contributed by atoms with Crippen molar-refractivity contribution in [3.63, 3.8) is 0 Å². The molecule has 0 amide bonds. The first kappa shape index (κ1) is 15.5. The van der Waals surface area contributed by atoms with Gasteiger partial charge in [0.25, 0.3) is 0 Å². The zero-order chi connectivity index (χ0) is 15.3. The van der Waals surface area contributed by atoms with E-state index in [4.69, 9.17) is 4.74 Å². The number of hydrogen-bond donors (Lipinski definition) is 1. The van der Waals surface area contributed by atoms with Gasteiger partial charge in [0.15, 0.2) is 11.6 Å². The summed E-state index contributed by atoms with van der Waals surface area (Å²) in [6.45, 7) is 2.19. The molecule has 2 aromatic carbocycles. The Morgan fingerprint density at radius 2 is 1.86 bits per heavy atom. The predicted octanol–water partition coefficient (Wildman–Crippen LogP) is 2.70. The van der Waals surface area contributed by atoms with Gasteiger partial charge in [-0.25, -0.2) is 17.5 Å². The first-order chi connectivity index (χ1) is 10.0. The van der Waals surface area contributed by atoms with Gasteiger partial charge in [0.2, 0.25) is 10.0 Å². The van der Waals surface area contributed by atoms with Gasteiger partial charge in [0.1, 0.15) is 0 Å². The highest BCUT2D eigenvalue weighted by Gasteiger charge is 2.16. The first-order valence-corrected chi connectivity index (χ1v) is 7.97. The van der Waals surface area contributed by atoms with Crippen LogP contribution in [0, 0.1) is 5.82 Å². The number of rotatable bonds is 6. The van der Waals surface area contributed by atoms with E-state index in [9.17, 15) is 12.8 Å². The molecule has 6 heteroatoms. The minimum absolute atomic E-state index is 0.0412. The highest BCUT2D eigenvalue weighted by atomic mass is 32.2. The van der Waals surface area contributed by atoms with Crippen LogP contribution in [-0.4, -0.2) is 15.0 Å². The number of ether oxygens (including phenoxy) is 1. The van der Waals surface area contributed by atoms with Crippen molar-refractivity contribution in [3.05, 3.63) is 59.9 Å². The third kappa shape index (κ3) is 4.03. The second-order valence-electron chi connectivity index (χ2n) is 4.34. The molecule has 4 nitrogen and oxygen atoms in total. The molecule has 0 saturated heterocycles. The number of benzene rings is 2. The summed E-state index contributed by atoms with van der Waals surface area (Å²) in [4.78, 5) is -0.126. The molecule has 0 spiro atoms. The molecule has 0 aliphatic heterocycles. The van der Waals surface area contributed by atoms with Crippen molar-refractivity contribution in [2.75, 3.05) is 6.61 Å². The van der Waals surface area contributed by atoms with Crippen LogP contribution in [0.15, 0.2) is 53.4 Å². The topological polar surface area (TPSA) is 55.4 Å². The van der Waals surface area contributed by atoms with E-state index in [-0.39, 0.29) is 17.2 Å². The SMILES string of the molecule is CCOc1ccc(S(=O)(=O)NCc2ccccc2)cc1F. The molecule has 0 atom stereocenters. The zero-order valence-electron chi connectivity index (χ0n) is 11.5. The van der Waals surface area contributed by atoms with Gasteiger partial charge >= 0.3 is 0 Å². The van der Waals surface area contributed by atoms with E-state index < -0.39 is 15.8 Å². The van der Waals surface area contributed by atoms with E-state index in [0.29, 0.717) is 6.61 Å². The molecule has 1 N–H and O–H groups in total. The summed E-state index contributed by atoms with van der Waals surface area (Å²) in [5.41, 5.74) is 0.826. The lowest BCUT2D eigenvalue weighted by atomic mass is 10.2. The minimum Gasteiger partial charge on any atom is -0.491 e. The van der Waals surface area contributed by atoms with Crippen molar-refractivity contribution in [1.82, 2.24) is 4.72 Å². The van der Waals surface area contributed by atoms with Crippen LogP contribution in [0.25, 0.3) is 0 Å². The fourth-order valence-corrected chi connectivity index (χ4v) is 2.81. The first-order valence-electron chi connectivity index (χ1n) is 6.49.